The lowest BCUT2D eigenvalue weighted by molar-refractivity contribution is -0.597. The minimum Gasteiger partial charge on any atom is -0.726 e. The van der Waals surface area contributed by atoms with Crippen LogP contribution in [-0.4, -0.2) is 31.1 Å². The molecule has 0 aliphatic heterocycles. The normalized spacial score (nSPS) is 11.0. The summed E-state index contributed by atoms with van der Waals surface area (Å²) in [6, 6.07) is 2.12. The Bertz CT molecular complexity index is 887. The summed E-state index contributed by atoms with van der Waals surface area (Å²) >= 11 is 3.22. The molecule has 0 unspecified atom stereocenters. The van der Waals surface area contributed by atoms with Crippen LogP contribution in [0.3, 0.4) is 0 Å². The first kappa shape index (κ1) is 23.6. The Morgan fingerprint density at radius 1 is 1.30 bits per heavy atom. The molecule has 150 valence electrons. The Kier molecular flexibility index (Phi) is 8.89. The van der Waals surface area contributed by atoms with Crippen molar-refractivity contribution < 1.29 is 26.5 Å². The predicted molar refractivity (Wildman–Crippen MR) is 107 cm³/mol. The molecule has 27 heavy (non-hydrogen) atoms. The van der Waals surface area contributed by atoms with Gasteiger partial charge in [-0.1, -0.05) is 6.92 Å². The number of aryl methyl sites for hydroxylation is 2. The van der Waals surface area contributed by atoms with Crippen LogP contribution in [-0.2, 0) is 14.6 Å². The van der Waals surface area contributed by atoms with Crippen LogP contribution >= 0.6 is 23.1 Å². The molecule has 0 aliphatic carbocycles. The smallest absolute Gasteiger partial charge is 0.259 e. The van der Waals surface area contributed by atoms with Gasteiger partial charge in [-0.2, -0.15) is 4.57 Å². The summed E-state index contributed by atoms with van der Waals surface area (Å²) < 4.78 is 35.2. The van der Waals surface area contributed by atoms with E-state index in [0.29, 0.717) is 10.6 Å². The van der Waals surface area contributed by atoms with Crippen LogP contribution in [0.1, 0.15) is 41.6 Å². The second-order valence-electron chi connectivity index (χ2n) is 5.58. The van der Waals surface area contributed by atoms with Crippen molar-refractivity contribution in [2.75, 3.05) is 18.1 Å². The second-order valence-corrected chi connectivity index (χ2v) is 9.19. The summed E-state index contributed by atoms with van der Waals surface area (Å²) in [4.78, 5) is 12.4. The monoisotopic (exact) mass is 432 g/mol. The molecule has 10 heteroatoms. The van der Waals surface area contributed by atoms with Gasteiger partial charge in [0.25, 0.3) is 5.69 Å². The molecule has 2 N–H and O–H groups in total. The van der Waals surface area contributed by atoms with Gasteiger partial charge in [-0.05, 0) is 32.6 Å². The number of hydrogen-bond acceptors (Lipinski definition) is 8. The Morgan fingerprint density at radius 3 is 2.22 bits per heavy atom. The van der Waals surface area contributed by atoms with Crippen LogP contribution in [0.5, 0.6) is 0 Å². The summed E-state index contributed by atoms with van der Waals surface area (Å²) in [6.07, 6.45) is 4.10. The number of carbonyl (C=O) groups is 1. The van der Waals surface area contributed by atoms with Crippen LogP contribution in [0.4, 0.5) is 5.69 Å². The van der Waals surface area contributed by atoms with Crippen LogP contribution < -0.4 is 10.3 Å². The maximum Gasteiger partial charge on any atom is 0.259 e. The van der Waals surface area contributed by atoms with E-state index < -0.39 is 10.4 Å². The number of Topliss-reactive ketones (excluding diaryl/α,β-unsaturated/α-hetero) is 1. The lowest BCUT2D eigenvalue weighted by Gasteiger charge is -2.02. The first-order chi connectivity index (χ1) is 12.5. The maximum absolute atomic E-state index is 11.7. The van der Waals surface area contributed by atoms with Gasteiger partial charge in [-0.25, -0.2) is 8.42 Å². The zero-order chi connectivity index (χ0) is 20.8. The van der Waals surface area contributed by atoms with Crippen molar-refractivity contribution in [2.24, 2.45) is 0 Å². The van der Waals surface area contributed by atoms with Gasteiger partial charge in [0.05, 0.1) is 6.61 Å². The van der Waals surface area contributed by atoms with Gasteiger partial charge in [-0.3, -0.25) is 8.98 Å². The lowest BCUT2D eigenvalue weighted by Crippen LogP contribution is -2.32. The van der Waals surface area contributed by atoms with Crippen molar-refractivity contribution in [1.29, 1.82) is 0 Å². The number of nitrogens with two attached hydrogens (primary N) is 1. The SMILES string of the molecule is CCOS(=O)(=O)[O-].CCSc1sc(C(C)=O)c(N)c1-[n+]1cc(C)cc(C)c1. The number of nitrogens with zero attached hydrogens (tertiary/aromatic N) is 1. The average molecular weight is 433 g/mol. The van der Waals surface area contributed by atoms with E-state index in [1.54, 1.807) is 18.7 Å². The van der Waals surface area contributed by atoms with Crippen LogP contribution in [0.15, 0.2) is 22.7 Å². The number of ketones is 1. The summed E-state index contributed by atoms with van der Waals surface area (Å²) in [5.41, 5.74) is 10.1. The van der Waals surface area contributed by atoms with E-state index >= 15 is 0 Å². The van der Waals surface area contributed by atoms with Crippen molar-refractivity contribution in [2.45, 2.75) is 38.8 Å². The molecule has 0 spiro atoms. The molecule has 0 bridgehead atoms. The van der Waals surface area contributed by atoms with Gasteiger partial charge in [-0.15, -0.1) is 23.1 Å². The second kappa shape index (κ2) is 10.2. The van der Waals surface area contributed by atoms with Crippen molar-refractivity contribution in [3.05, 3.63) is 34.5 Å². The molecule has 2 aromatic heterocycles. The van der Waals surface area contributed by atoms with Crippen molar-refractivity contribution in [3.8, 4) is 5.69 Å². The fraction of sp³-hybridized carbons (Fsp3) is 0.412. The molecule has 0 radical (unpaired) electrons. The highest BCUT2D eigenvalue weighted by atomic mass is 32.3. The van der Waals surface area contributed by atoms with E-state index in [1.165, 1.54) is 29.4 Å². The Balaban J connectivity index is 0.000000445. The van der Waals surface area contributed by atoms with Gasteiger partial charge >= 0.3 is 0 Å². The third kappa shape index (κ3) is 7.23. The van der Waals surface area contributed by atoms with E-state index in [4.69, 9.17) is 5.73 Å². The average Bonchev–Trinajstić information content (AvgIpc) is 2.83. The van der Waals surface area contributed by atoms with E-state index in [-0.39, 0.29) is 12.4 Å². The minimum absolute atomic E-state index is 0.0293. The first-order valence-electron chi connectivity index (χ1n) is 8.16. The quantitative estimate of drug-likeness (QED) is 0.245. The molecule has 2 heterocycles. The van der Waals surface area contributed by atoms with E-state index in [0.717, 1.165) is 15.6 Å². The number of hydrogen-bond donors (Lipinski definition) is 1. The molecule has 0 aliphatic rings. The molecule has 0 aromatic carbocycles. The van der Waals surface area contributed by atoms with Crippen molar-refractivity contribution in [1.82, 2.24) is 0 Å². The number of pyridine rings is 1. The molecular weight excluding hydrogens is 408 g/mol. The van der Waals surface area contributed by atoms with Gasteiger partial charge in [0, 0.05) is 18.1 Å². The Hall–Kier alpha value is -1.46. The summed E-state index contributed by atoms with van der Waals surface area (Å²) in [7, 11) is -4.42. The zero-order valence-electron chi connectivity index (χ0n) is 15.9. The Labute approximate surface area is 168 Å². The molecule has 0 fully saturated rings. The molecular formula is C17H24N2O5S3. The van der Waals surface area contributed by atoms with Gasteiger partial charge in [0.15, 0.2) is 18.2 Å². The van der Waals surface area contributed by atoms with Crippen LogP contribution in [0.25, 0.3) is 5.69 Å². The van der Waals surface area contributed by atoms with E-state index in [9.17, 15) is 17.8 Å². The third-order valence-electron chi connectivity index (χ3n) is 3.14. The highest BCUT2D eigenvalue weighted by molar-refractivity contribution is 8.01. The van der Waals surface area contributed by atoms with E-state index in [1.807, 2.05) is 4.57 Å². The zero-order valence-corrected chi connectivity index (χ0v) is 18.4. The molecule has 0 saturated carbocycles. The Morgan fingerprint density at radius 2 is 1.85 bits per heavy atom. The molecule has 0 saturated heterocycles. The first-order valence-corrected chi connectivity index (χ1v) is 11.3. The number of carbonyl (C=O) groups excluding carboxylic acids is 1. The van der Waals surface area contributed by atoms with Crippen LogP contribution in [0, 0.1) is 13.8 Å². The number of thiophene rings is 1. The molecule has 0 atom stereocenters. The number of nitrogen functional groups attached to an aromatic ring is 1. The fourth-order valence-electron chi connectivity index (χ4n) is 2.33. The van der Waals surface area contributed by atoms with Gasteiger partial charge in [0.1, 0.15) is 14.8 Å². The highest BCUT2D eigenvalue weighted by Gasteiger charge is 2.26. The number of rotatable bonds is 6. The standard InChI is InChI=1S/C15H18N2OS2.C2H6O4S/c1-5-19-15-13(12(16)14(20-15)11(4)18)17-7-9(2)6-10(3)8-17;1-2-6-7(3,4)5/h6-8H,5H2,1-4H3,(H-,16,18);2H2,1H3,(H,3,4,5). The predicted octanol–water partition coefficient (Wildman–Crippen LogP) is 3.02. The van der Waals surface area contributed by atoms with Crippen molar-refractivity contribution >= 4 is 45.0 Å². The lowest BCUT2D eigenvalue weighted by atomic mass is 10.2. The fourth-order valence-corrected chi connectivity index (χ4v) is 4.92. The molecule has 7 nitrogen and oxygen atoms in total. The number of anilines is 1. The molecule has 2 rings (SSSR count). The summed E-state index contributed by atoms with van der Waals surface area (Å²) in [5, 5.41) is 0. The van der Waals surface area contributed by atoms with Crippen molar-refractivity contribution in [3.63, 3.8) is 0 Å². The topological polar surface area (TPSA) is 113 Å². The molecule has 0 amide bonds. The minimum atomic E-state index is -4.42. The maximum atomic E-state index is 11.7. The third-order valence-corrected chi connectivity index (χ3v) is 6.11. The van der Waals surface area contributed by atoms with E-state index in [2.05, 4.69) is 43.4 Å². The number of aromatic nitrogens is 1. The summed E-state index contributed by atoms with van der Waals surface area (Å²) in [6.45, 7) is 9.12. The van der Waals surface area contributed by atoms with Crippen LogP contribution in [0.2, 0.25) is 0 Å². The molecule has 2 aromatic rings. The highest BCUT2D eigenvalue weighted by Crippen LogP contribution is 2.38. The number of thioether (sulfide) groups is 1. The largest absolute Gasteiger partial charge is 0.726 e. The summed E-state index contributed by atoms with van der Waals surface area (Å²) in [5.74, 6) is 0.983. The van der Waals surface area contributed by atoms with Gasteiger partial charge in [0.2, 0.25) is 10.4 Å². The van der Waals surface area contributed by atoms with Gasteiger partial charge < -0.3 is 10.3 Å².